The van der Waals surface area contributed by atoms with Crippen LogP contribution in [0.5, 0.6) is 0 Å². The van der Waals surface area contributed by atoms with E-state index in [0.29, 0.717) is 5.56 Å². The van der Waals surface area contributed by atoms with Crippen LogP contribution in [-0.2, 0) is 19.8 Å². The van der Waals surface area contributed by atoms with Crippen molar-refractivity contribution in [3.63, 3.8) is 0 Å². The zero-order valence-electron chi connectivity index (χ0n) is 19.7. The highest BCUT2D eigenvalue weighted by atomic mass is 15.1. The van der Waals surface area contributed by atoms with Gasteiger partial charge in [-0.2, -0.15) is 0 Å². The number of benzene rings is 2. The maximum Gasteiger partial charge on any atom is 0.213 e. The van der Waals surface area contributed by atoms with Crippen molar-refractivity contribution < 1.29 is 7.31 Å². The van der Waals surface area contributed by atoms with Crippen LogP contribution in [0, 0.1) is 12.3 Å². The van der Waals surface area contributed by atoms with Gasteiger partial charge < -0.3 is 0 Å². The predicted molar refractivity (Wildman–Crippen MR) is 118 cm³/mol. The Morgan fingerprint density at radius 1 is 1.14 bits per heavy atom. The van der Waals surface area contributed by atoms with Crippen LogP contribution in [0.25, 0.3) is 28.0 Å². The molecule has 0 radical (unpaired) electrons. The van der Waals surface area contributed by atoms with Gasteiger partial charge in [0.15, 0.2) is 6.20 Å². The molecule has 5 rings (SSSR count). The van der Waals surface area contributed by atoms with Crippen LogP contribution >= 0.6 is 0 Å². The van der Waals surface area contributed by atoms with E-state index >= 15 is 0 Å². The number of hydrogen-bond acceptors (Lipinski definition) is 1. The van der Waals surface area contributed by atoms with Gasteiger partial charge in [-0.25, -0.2) is 9.55 Å². The summed E-state index contributed by atoms with van der Waals surface area (Å²) in [6.45, 7) is 8.00. The summed E-state index contributed by atoms with van der Waals surface area (Å²) in [5.74, 6) is 1.06. The van der Waals surface area contributed by atoms with Crippen molar-refractivity contribution in [3.05, 3.63) is 77.2 Å². The maximum absolute atomic E-state index is 8.77. The number of pyridine rings is 1. The summed E-state index contributed by atoms with van der Waals surface area (Å²) in [6.07, 6.45) is 1.32. The molecule has 1 aliphatic rings. The number of rotatable bonds is 2. The Morgan fingerprint density at radius 3 is 2.72 bits per heavy atom. The first-order chi connectivity index (χ1) is 14.6. The largest absolute Gasteiger partial charge is 0.296 e. The first kappa shape index (κ1) is 15.9. The molecule has 0 spiro atoms. The van der Waals surface area contributed by atoms with Gasteiger partial charge in [-0.15, -0.1) is 0 Å². The summed E-state index contributed by atoms with van der Waals surface area (Å²) < 4.78 is 21.9. The normalized spacial score (nSPS) is 14.5. The van der Waals surface area contributed by atoms with E-state index in [2.05, 4.69) is 46.4 Å². The van der Waals surface area contributed by atoms with Crippen molar-refractivity contribution in [2.45, 2.75) is 40.5 Å². The van der Waals surface area contributed by atoms with Crippen molar-refractivity contribution in [2.75, 3.05) is 0 Å². The Labute approximate surface area is 175 Å². The van der Waals surface area contributed by atoms with E-state index < -0.39 is 11.8 Å². The van der Waals surface area contributed by atoms with E-state index in [1.54, 1.807) is 0 Å². The molecule has 2 aromatic carbocycles. The molecule has 29 heavy (non-hydrogen) atoms. The molecular formula is C26H28N3+. The monoisotopic (exact) mass is 384 g/mol. The van der Waals surface area contributed by atoms with Crippen molar-refractivity contribution >= 4 is 11.0 Å². The lowest BCUT2D eigenvalue weighted by Crippen LogP contribution is -2.31. The van der Waals surface area contributed by atoms with E-state index in [1.165, 1.54) is 22.4 Å². The number of imidazole rings is 1. The molecule has 3 nitrogen and oxygen atoms in total. The van der Waals surface area contributed by atoms with E-state index in [4.69, 9.17) is 7.73 Å². The second-order valence-electron chi connectivity index (χ2n) is 9.07. The lowest BCUT2D eigenvalue weighted by molar-refractivity contribution is -0.660. The number of nitrogens with zero attached hydrogens (tertiary/aromatic N) is 3. The molecule has 3 heteroatoms. The summed E-state index contributed by atoms with van der Waals surface area (Å²) in [5, 5.41) is 0. The smallest absolute Gasteiger partial charge is 0.213 e. The fourth-order valence-electron chi connectivity index (χ4n) is 4.45. The number of hydrogen-bond donors (Lipinski definition) is 0. The van der Waals surface area contributed by atoms with Crippen LogP contribution in [-0.4, -0.2) is 9.55 Å². The molecule has 0 N–H and O–H groups in total. The Bertz CT molecular complexity index is 1340. The summed E-state index contributed by atoms with van der Waals surface area (Å²) in [7, 11) is 2.04. The molecule has 146 valence electrons. The van der Waals surface area contributed by atoms with Gasteiger partial charge in [0, 0.05) is 21.3 Å². The topological polar surface area (TPSA) is 21.7 Å². The highest BCUT2D eigenvalue weighted by molar-refractivity contribution is 5.83. The van der Waals surface area contributed by atoms with E-state index in [9.17, 15) is 0 Å². The predicted octanol–water partition coefficient (Wildman–Crippen LogP) is 5.32. The number of para-hydroxylation sites is 2. The third-order valence-corrected chi connectivity index (χ3v) is 5.63. The van der Waals surface area contributed by atoms with Crippen LogP contribution in [0.15, 0.2) is 54.7 Å². The number of aryl methyl sites for hydroxylation is 2. The van der Waals surface area contributed by atoms with E-state index in [0.717, 1.165) is 29.0 Å². The molecule has 2 aromatic heterocycles. The van der Waals surface area contributed by atoms with Gasteiger partial charge in [0.1, 0.15) is 12.9 Å². The van der Waals surface area contributed by atoms with Gasteiger partial charge in [0.25, 0.3) is 0 Å². The van der Waals surface area contributed by atoms with Crippen molar-refractivity contribution in [3.8, 4) is 16.9 Å². The molecule has 0 atom stereocenters. The van der Waals surface area contributed by atoms with Gasteiger partial charge in [-0.1, -0.05) is 39.0 Å². The first-order valence-electron chi connectivity index (χ1n) is 11.2. The first-order valence-corrected chi connectivity index (χ1v) is 10.2. The second kappa shape index (κ2) is 6.28. The molecule has 0 saturated carbocycles. The summed E-state index contributed by atoms with van der Waals surface area (Å²) >= 11 is 0. The zero-order valence-corrected chi connectivity index (χ0v) is 17.7. The van der Waals surface area contributed by atoms with E-state index in [1.807, 2.05) is 52.2 Å². The fraction of sp³-hybridized carbons (Fsp3) is 0.308. The average molecular weight is 385 g/mol. The highest BCUT2D eigenvalue weighted by Crippen LogP contribution is 2.39. The Hall–Kier alpha value is -2.94. The third-order valence-electron chi connectivity index (χ3n) is 5.63. The highest BCUT2D eigenvalue weighted by Gasteiger charge is 2.29. The quantitative estimate of drug-likeness (QED) is 0.378. The molecule has 0 amide bonds. The summed E-state index contributed by atoms with van der Waals surface area (Å²) in [6, 6.07) is 16.6. The van der Waals surface area contributed by atoms with Gasteiger partial charge in [-0.3, -0.25) is 4.57 Å². The molecule has 0 fully saturated rings. The van der Waals surface area contributed by atoms with Crippen LogP contribution in [0.4, 0.5) is 0 Å². The molecule has 3 heterocycles. The lowest BCUT2D eigenvalue weighted by atomic mass is 9.87. The standard InChI is InChI=1S/C26H28N3/c1-17-10-11-21-19(15-24-27-20-8-6-7-9-22(20)29(21)24)25(17)23-14-18(12-13-28(23)5)16-26(2,3)4/h6-14H,15-16H2,1-5H3/q+1/i16D2. The van der Waals surface area contributed by atoms with Crippen LogP contribution in [0.1, 0.15) is 46.0 Å². The molecule has 0 aliphatic carbocycles. The Balaban J connectivity index is 1.73. The van der Waals surface area contributed by atoms with Crippen LogP contribution < -0.4 is 4.57 Å². The molecular weight excluding hydrogens is 354 g/mol. The molecule has 0 saturated heterocycles. The lowest BCUT2D eigenvalue weighted by Gasteiger charge is -2.18. The van der Waals surface area contributed by atoms with Crippen LogP contribution in [0.2, 0.25) is 0 Å². The SMILES string of the molecule is [2H]C([2H])(c1cc[n+](C)c(-c2c(C)ccc3c2Cc2nc4ccccc4n2-3)c1)C(C)(C)C. The molecule has 4 aromatic rings. The van der Waals surface area contributed by atoms with Crippen LogP contribution in [0.3, 0.4) is 0 Å². The molecule has 0 unspecified atom stereocenters. The molecule has 1 aliphatic heterocycles. The van der Waals surface area contributed by atoms with Crippen molar-refractivity contribution in [1.82, 2.24) is 9.55 Å². The van der Waals surface area contributed by atoms with E-state index in [-0.39, 0.29) is 0 Å². The Morgan fingerprint density at radius 2 is 1.93 bits per heavy atom. The molecule has 0 bridgehead atoms. The second-order valence-corrected chi connectivity index (χ2v) is 9.07. The van der Waals surface area contributed by atoms with Gasteiger partial charge in [0.2, 0.25) is 5.69 Å². The average Bonchev–Trinajstić information content (AvgIpc) is 3.23. The minimum atomic E-state index is -1.44. The van der Waals surface area contributed by atoms with Gasteiger partial charge in [0.05, 0.1) is 22.3 Å². The van der Waals surface area contributed by atoms with Gasteiger partial charge in [-0.05, 0) is 53.6 Å². The fourth-order valence-corrected chi connectivity index (χ4v) is 4.45. The zero-order chi connectivity index (χ0) is 22.1. The van der Waals surface area contributed by atoms with Crippen molar-refractivity contribution in [2.24, 2.45) is 12.5 Å². The minimum Gasteiger partial charge on any atom is -0.296 e. The summed E-state index contributed by atoms with van der Waals surface area (Å²) in [5.41, 5.74) is 8.22. The van der Waals surface area contributed by atoms with Crippen molar-refractivity contribution in [1.29, 1.82) is 0 Å². The number of fused-ring (bicyclic) bond motifs is 5. The maximum atomic E-state index is 8.77. The Kier molecular flexibility index (Phi) is 3.45. The number of aromatic nitrogens is 3. The summed E-state index contributed by atoms with van der Waals surface area (Å²) in [4.78, 5) is 4.88. The minimum absolute atomic E-state index is 0.501. The third kappa shape index (κ3) is 2.96. The van der Waals surface area contributed by atoms with Gasteiger partial charge >= 0.3 is 0 Å².